The van der Waals surface area contributed by atoms with Crippen LogP contribution in [0.2, 0.25) is 0 Å². The maximum Gasteiger partial charge on any atom is 0.348 e. The van der Waals surface area contributed by atoms with E-state index in [0.29, 0.717) is 10.6 Å². The van der Waals surface area contributed by atoms with Crippen LogP contribution in [-0.2, 0) is 12.8 Å². The van der Waals surface area contributed by atoms with Crippen molar-refractivity contribution in [2.45, 2.75) is 45.6 Å². The molecular formula is C13H19N3O2S. The van der Waals surface area contributed by atoms with Crippen molar-refractivity contribution in [2.75, 3.05) is 7.05 Å². The second-order valence-corrected chi connectivity index (χ2v) is 6.16. The highest BCUT2D eigenvalue weighted by Gasteiger charge is 2.24. The Morgan fingerprint density at radius 3 is 2.68 bits per heavy atom. The largest absolute Gasteiger partial charge is 0.477 e. The van der Waals surface area contributed by atoms with Crippen LogP contribution in [0.5, 0.6) is 0 Å². The lowest BCUT2D eigenvalue weighted by atomic mass is 9.98. The van der Waals surface area contributed by atoms with Crippen LogP contribution >= 0.6 is 11.3 Å². The second kappa shape index (κ2) is 5.69. The number of aromatic carboxylic acids is 1. The van der Waals surface area contributed by atoms with Gasteiger partial charge in [0.1, 0.15) is 10.6 Å². The molecule has 0 fully saturated rings. The number of aryl methyl sites for hydroxylation is 1. The number of hydrogen-bond donors (Lipinski definition) is 1. The molecule has 104 valence electrons. The predicted octanol–water partition coefficient (Wildman–Crippen LogP) is 3.66. The van der Waals surface area contributed by atoms with Crippen molar-refractivity contribution in [3.8, 4) is 0 Å². The highest BCUT2D eigenvalue weighted by atomic mass is 32.1. The molecule has 0 saturated carbocycles. The molecule has 0 unspecified atom stereocenters. The molecule has 0 atom stereocenters. The smallest absolute Gasteiger partial charge is 0.348 e. The van der Waals surface area contributed by atoms with Crippen LogP contribution in [0.3, 0.4) is 0 Å². The number of rotatable bonds is 4. The molecule has 0 aliphatic heterocycles. The van der Waals surface area contributed by atoms with E-state index in [0.717, 1.165) is 31.2 Å². The highest BCUT2D eigenvalue weighted by Crippen LogP contribution is 2.40. The SMILES string of the molecule is CC(C)N(C)N=Nc1c(C(=O)O)sc2c1CCCC2. The lowest BCUT2D eigenvalue weighted by Crippen LogP contribution is -2.19. The van der Waals surface area contributed by atoms with Gasteiger partial charge in [0.15, 0.2) is 0 Å². The van der Waals surface area contributed by atoms with Gasteiger partial charge in [0, 0.05) is 18.0 Å². The Labute approximate surface area is 116 Å². The Kier molecular flexibility index (Phi) is 4.19. The van der Waals surface area contributed by atoms with Crippen LogP contribution in [0.25, 0.3) is 0 Å². The van der Waals surface area contributed by atoms with E-state index in [4.69, 9.17) is 0 Å². The Morgan fingerprint density at radius 2 is 2.05 bits per heavy atom. The summed E-state index contributed by atoms with van der Waals surface area (Å²) < 4.78 is 0. The lowest BCUT2D eigenvalue weighted by Gasteiger charge is -2.15. The summed E-state index contributed by atoms with van der Waals surface area (Å²) in [7, 11) is 1.84. The molecule has 2 rings (SSSR count). The Bertz CT molecular complexity index is 508. The fourth-order valence-electron chi connectivity index (χ4n) is 2.02. The molecule has 0 bridgehead atoms. The van der Waals surface area contributed by atoms with Gasteiger partial charge in [0.25, 0.3) is 0 Å². The van der Waals surface area contributed by atoms with E-state index in [9.17, 15) is 9.90 Å². The van der Waals surface area contributed by atoms with Crippen molar-refractivity contribution in [3.05, 3.63) is 15.3 Å². The number of thiophene rings is 1. The van der Waals surface area contributed by atoms with Crippen LogP contribution in [0, 0.1) is 0 Å². The molecule has 0 amide bonds. The highest BCUT2D eigenvalue weighted by molar-refractivity contribution is 7.14. The molecule has 1 aliphatic rings. The van der Waals surface area contributed by atoms with Gasteiger partial charge in [-0.2, -0.15) is 0 Å². The summed E-state index contributed by atoms with van der Waals surface area (Å²) in [4.78, 5) is 12.8. The lowest BCUT2D eigenvalue weighted by molar-refractivity contribution is 0.0703. The molecule has 6 heteroatoms. The number of hydrogen-bond acceptors (Lipinski definition) is 4. The summed E-state index contributed by atoms with van der Waals surface area (Å²) in [6.45, 7) is 4.03. The van der Waals surface area contributed by atoms with Gasteiger partial charge in [-0.3, -0.25) is 5.01 Å². The summed E-state index contributed by atoms with van der Waals surface area (Å²) in [5.74, 6) is -0.902. The van der Waals surface area contributed by atoms with E-state index in [1.165, 1.54) is 16.2 Å². The van der Waals surface area contributed by atoms with Crippen molar-refractivity contribution >= 4 is 23.0 Å². The Morgan fingerprint density at radius 1 is 1.37 bits per heavy atom. The van der Waals surface area contributed by atoms with Crippen molar-refractivity contribution in [3.63, 3.8) is 0 Å². The topological polar surface area (TPSA) is 65.3 Å². The fourth-order valence-corrected chi connectivity index (χ4v) is 3.18. The standard InChI is InChI=1S/C13H19N3O2S/c1-8(2)16(3)15-14-11-9-6-4-5-7-10(9)19-12(11)13(17)18/h8H,4-7H2,1-3H3,(H,17,18). The number of fused-ring (bicyclic) bond motifs is 1. The molecule has 0 saturated heterocycles. The first-order valence-electron chi connectivity index (χ1n) is 6.53. The minimum atomic E-state index is -0.902. The Balaban J connectivity index is 2.37. The number of carbonyl (C=O) groups is 1. The zero-order valence-corrected chi connectivity index (χ0v) is 12.3. The fraction of sp³-hybridized carbons (Fsp3) is 0.615. The number of nitrogens with zero attached hydrogens (tertiary/aromatic N) is 3. The third-order valence-electron chi connectivity index (χ3n) is 3.37. The quantitative estimate of drug-likeness (QED) is 0.676. The molecule has 5 nitrogen and oxygen atoms in total. The van der Waals surface area contributed by atoms with E-state index < -0.39 is 5.97 Å². The van der Waals surface area contributed by atoms with Crippen LogP contribution in [0.4, 0.5) is 5.69 Å². The second-order valence-electron chi connectivity index (χ2n) is 5.05. The molecule has 0 spiro atoms. The van der Waals surface area contributed by atoms with E-state index in [1.807, 2.05) is 20.9 Å². The minimum absolute atomic E-state index is 0.242. The summed E-state index contributed by atoms with van der Waals surface area (Å²) >= 11 is 1.36. The van der Waals surface area contributed by atoms with E-state index in [1.54, 1.807) is 5.01 Å². The van der Waals surface area contributed by atoms with Crippen LogP contribution in [0.1, 0.15) is 46.8 Å². The number of carboxylic acids is 1. The van der Waals surface area contributed by atoms with Gasteiger partial charge in [-0.05, 0) is 45.1 Å². The molecule has 1 aromatic heterocycles. The third-order valence-corrected chi connectivity index (χ3v) is 4.64. The number of carboxylic acid groups (broad SMARTS) is 1. The molecule has 1 aliphatic carbocycles. The van der Waals surface area contributed by atoms with Gasteiger partial charge in [0.05, 0.1) is 0 Å². The predicted molar refractivity (Wildman–Crippen MR) is 75.3 cm³/mol. The first-order valence-corrected chi connectivity index (χ1v) is 7.34. The van der Waals surface area contributed by atoms with Crippen molar-refractivity contribution in [1.29, 1.82) is 0 Å². The molecule has 19 heavy (non-hydrogen) atoms. The minimum Gasteiger partial charge on any atom is -0.477 e. The molecule has 0 aromatic carbocycles. The van der Waals surface area contributed by atoms with Gasteiger partial charge in [-0.1, -0.05) is 5.22 Å². The molecule has 0 radical (unpaired) electrons. The van der Waals surface area contributed by atoms with Gasteiger partial charge < -0.3 is 5.11 Å². The third kappa shape index (κ3) is 2.94. The molecule has 1 heterocycles. The maximum absolute atomic E-state index is 11.3. The zero-order valence-electron chi connectivity index (χ0n) is 11.5. The normalized spacial score (nSPS) is 14.9. The first kappa shape index (κ1) is 14.0. The molecule has 1 N–H and O–H groups in total. The first-order chi connectivity index (χ1) is 9.00. The average Bonchev–Trinajstić information content (AvgIpc) is 2.74. The average molecular weight is 281 g/mol. The van der Waals surface area contributed by atoms with Gasteiger partial charge in [0.2, 0.25) is 0 Å². The molecular weight excluding hydrogens is 262 g/mol. The summed E-state index contributed by atoms with van der Waals surface area (Å²) in [6.07, 6.45) is 4.12. The molecule has 1 aromatic rings. The van der Waals surface area contributed by atoms with Gasteiger partial charge in [-0.25, -0.2) is 4.79 Å². The van der Waals surface area contributed by atoms with Gasteiger partial charge in [-0.15, -0.1) is 16.5 Å². The van der Waals surface area contributed by atoms with Crippen molar-refractivity contribution < 1.29 is 9.90 Å². The van der Waals surface area contributed by atoms with E-state index >= 15 is 0 Å². The summed E-state index contributed by atoms with van der Waals surface area (Å²) in [5.41, 5.74) is 1.66. The summed E-state index contributed by atoms with van der Waals surface area (Å²) in [5, 5.41) is 19.3. The zero-order chi connectivity index (χ0) is 14.0. The Hall–Kier alpha value is -1.43. The van der Waals surface area contributed by atoms with Crippen LogP contribution in [0.15, 0.2) is 10.3 Å². The van der Waals surface area contributed by atoms with Crippen molar-refractivity contribution in [1.82, 2.24) is 5.01 Å². The summed E-state index contributed by atoms with van der Waals surface area (Å²) in [6, 6.07) is 0.242. The van der Waals surface area contributed by atoms with Crippen LogP contribution < -0.4 is 0 Å². The van der Waals surface area contributed by atoms with Gasteiger partial charge >= 0.3 is 5.97 Å². The maximum atomic E-state index is 11.3. The van der Waals surface area contributed by atoms with Crippen LogP contribution in [-0.4, -0.2) is 29.2 Å². The monoisotopic (exact) mass is 281 g/mol. The van der Waals surface area contributed by atoms with E-state index in [2.05, 4.69) is 10.3 Å². The van der Waals surface area contributed by atoms with E-state index in [-0.39, 0.29) is 6.04 Å². The van der Waals surface area contributed by atoms with Crippen molar-refractivity contribution in [2.24, 2.45) is 10.3 Å².